The van der Waals surface area contributed by atoms with Gasteiger partial charge in [-0.25, -0.2) is 9.97 Å². The van der Waals surface area contributed by atoms with Crippen LogP contribution in [0.4, 0.5) is 0 Å². The summed E-state index contributed by atoms with van der Waals surface area (Å²) >= 11 is 15.3. The Morgan fingerprint density at radius 3 is 1.15 bits per heavy atom. The Hall–Kier alpha value is -5.19. The number of carbonyl (C=O) groups is 7. The summed E-state index contributed by atoms with van der Waals surface area (Å²) in [7, 11) is 8.81. The van der Waals surface area contributed by atoms with Crippen LogP contribution in [0.3, 0.4) is 0 Å². The summed E-state index contributed by atoms with van der Waals surface area (Å²) in [5.74, 6) is -3.94. The van der Waals surface area contributed by atoms with Crippen LogP contribution in [0.15, 0.2) is 17.9 Å². The number of ether oxygens (including phenoxy) is 7. The maximum absolute atomic E-state index is 13.4. The molecule has 364 valence electrons. The number of rotatable bonds is 18. The van der Waals surface area contributed by atoms with E-state index in [2.05, 4.69) is 73.7 Å². The van der Waals surface area contributed by atoms with Crippen LogP contribution in [-0.4, -0.2) is 111 Å². The number of aryl methyl sites for hydroxylation is 2. The summed E-state index contributed by atoms with van der Waals surface area (Å²) in [4.78, 5) is 108. The number of esters is 7. The molecule has 8 bridgehead atoms. The smallest absolute Gasteiger partial charge is 0.310 e. The van der Waals surface area contributed by atoms with E-state index in [9.17, 15) is 33.6 Å². The maximum Gasteiger partial charge on any atom is 0.310 e. The third-order valence-electron chi connectivity index (χ3n) is 11.5. The fourth-order valence-corrected chi connectivity index (χ4v) is 10.7. The van der Waals surface area contributed by atoms with Crippen molar-refractivity contribution >= 4 is 150 Å². The molecular weight excluding hydrogens is 1150 g/mol. The molecule has 3 aromatic heterocycles. The molecular formula is C46H48Br4N4O14. The lowest BCUT2D eigenvalue weighted by atomic mass is 9.96. The average molecular weight is 1200 g/mol. The Bertz CT molecular complexity index is 2830. The minimum Gasteiger partial charge on any atom is -0.469 e. The topological polar surface area (TPSA) is 241 Å². The van der Waals surface area contributed by atoms with Gasteiger partial charge < -0.3 is 43.1 Å². The van der Waals surface area contributed by atoms with Crippen LogP contribution >= 0.6 is 63.7 Å². The molecule has 5 rings (SSSR count). The molecule has 0 atom stereocenters. The first-order valence-electron chi connectivity index (χ1n) is 20.8. The minimum absolute atomic E-state index is 0.0245. The summed E-state index contributed by atoms with van der Waals surface area (Å²) < 4.78 is 37.0. The summed E-state index contributed by atoms with van der Waals surface area (Å²) in [5, 5.41) is 0. The number of fused-ring (bicyclic) bond motifs is 8. The molecule has 22 heteroatoms. The molecule has 0 aromatic carbocycles. The van der Waals surface area contributed by atoms with Gasteiger partial charge in [0, 0.05) is 25.7 Å². The zero-order chi connectivity index (χ0) is 50.1. The van der Waals surface area contributed by atoms with Crippen LogP contribution in [0, 0.1) is 0 Å². The van der Waals surface area contributed by atoms with Crippen LogP contribution in [0.1, 0.15) is 96.9 Å². The second-order valence-electron chi connectivity index (χ2n) is 15.2. The van der Waals surface area contributed by atoms with E-state index in [-0.39, 0.29) is 76.3 Å². The molecule has 2 aliphatic heterocycles. The van der Waals surface area contributed by atoms with E-state index in [0.29, 0.717) is 102 Å². The Balaban J connectivity index is 2.20. The van der Waals surface area contributed by atoms with Crippen molar-refractivity contribution in [3.63, 3.8) is 0 Å². The number of hydrogen-bond donors (Lipinski definition) is 2. The predicted molar refractivity (Wildman–Crippen MR) is 262 cm³/mol. The predicted octanol–water partition coefficient (Wildman–Crippen LogP) is 8.32. The Morgan fingerprint density at radius 1 is 0.382 bits per heavy atom. The van der Waals surface area contributed by atoms with Gasteiger partial charge >= 0.3 is 41.8 Å². The van der Waals surface area contributed by atoms with Gasteiger partial charge in [-0.1, -0.05) is 0 Å². The minimum atomic E-state index is -0.629. The van der Waals surface area contributed by atoms with E-state index in [1.165, 1.54) is 49.8 Å². The number of halogens is 4. The molecule has 0 saturated heterocycles. The van der Waals surface area contributed by atoms with Crippen molar-refractivity contribution in [3.8, 4) is 0 Å². The summed E-state index contributed by atoms with van der Waals surface area (Å²) in [5.41, 5.74) is 6.58. The first-order valence-corrected chi connectivity index (χ1v) is 24.0. The third kappa shape index (κ3) is 11.6. The van der Waals surface area contributed by atoms with Crippen molar-refractivity contribution in [3.05, 3.63) is 62.9 Å². The lowest BCUT2D eigenvalue weighted by molar-refractivity contribution is -0.141. The van der Waals surface area contributed by atoms with Gasteiger partial charge in [0.15, 0.2) is 0 Å². The highest BCUT2D eigenvalue weighted by molar-refractivity contribution is 9.11. The van der Waals surface area contributed by atoms with E-state index in [4.69, 9.17) is 43.1 Å². The number of nitrogens with zero attached hydrogens (tertiary/aromatic N) is 2. The van der Waals surface area contributed by atoms with Crippen molar-refractivity contribution in [1.82, 2.24) is 19.9 Å². The molecule has 0 amide bonds. The Morgan fingerprint density at radius 2 is 0.706 bits per heavy atom. The van der Waals surface area contributed by atoms with Gasteiger partial charge in [-0.15, -0.1) is 0 Å². The number of hydrogen-bond acceptors (Lipinski definition) is 16. The van der Waals surface area contributed by atoms with Crippen LogP contribution in [0.2, 0.25) is 0 Å². The normalized spacial score (nSPS) is 12.2. The van der Waals surface area contributed by atoms with Gasteiger partial charge in [-0.05, 0) is 141 Å². The lowest BCUT2D eigenvalue weighted by Gasteiger charge is -2.10. The van der Waals surface area contributed by atoms with E-state index in [0.717, 1.165) is 0 Å². The van der Waals surface area contributed by atoms with Gasteiger partial charge in [-0.2, -0.15) is 0 Å². The molecule has 0 saturated carbocycles. The van der Waals surface area contributed by atoms with E-state index < -0.39 is 41.8 Å². The van der Waals surface area contributed by atoms with E-state index in [1.807, 2.05) is 6.92 Å². The van der Waals surface area contributed by atoms with Gasteiger partial charge in [-0.3, -0.25) is 33.6 Å². The summed E-state index contributed by atoms with van der Waals surface area (Å²) in [6, 6.07) is 0. The van der Waals surface area contributed by atoms with Crippen molar-refractivity contribution in [2.45, 2.75) is 77.6 Å². The van der Waals surface area contributed by atoms with Gasteiger partial charge in [0.25, 0.3) is 0 Å². The van der Waals surface area contributed by atoms with Crippen molar-refractivity contribution in [2.75, 3.05) is 49.8 Å². The molecule has 3 aromatic rings. The highest BCUT2D eigenvalue weighted by Crippen LogP contribution is 2.47. The van der Waals surface area contributed by atoms with Crippen LogP contribution < -0.4 is 0 Å². The first-order chi connectivity index (χ1) is 32.4. The molecule has 0 radical (unpaired) electrons. The number of methoxy groups -OCH3 is 7. The number of aromatic amines is 2. The maximum atomic E-state index is 13.4. The largest absolute Gasteiger partial charge is 0.469 e. The monoisotopic (exact) mass is 1200 g/mol. The number of allylic oxidation sites excluding steroid dienone is 3. The zero-order valence-electron chi connectivity index (χ0n) is 38.4. The summed E-state index contributed by atoms with van der Waals surface area (Å²) in [6.07, 6.45) is -1.02. The van der Waals surface area contributed by atoms with E-state index in [1.54, 1.807) is 0 Å². The Kier molecular flexibility index (Phi) is 18.9. The average Bonchev–Trinajstić information content (AvgIpc) is 4.09. The molecule has 0 fully saturated rings. The molecule has 0 aliphatic carbocycles. The number of nitrogens with one attached hydrogen (secondary N) is 2. The van der Waals surface area contributed by atoms with E-state index >= 15 is 0 Å². The van der Waals surface area contributed by atoms with Crippen LogP contribution in [0.5, 0.6) is 0 Å². The highest BCUT2D eigenvalue weighted by Gasteiger charge is 2.33. The first kappa shape index (κ1) is 53.8. The molecule has 0 spiro atoms. The standard InChI is InChI=1S/C46H48Br4N4O14/c1-20-21(9-13-28(55)62-2)40-36(48)44-26(18-33(60)67-7)23(11-15-30(57)64-4)42(53-44)38(50)46-27(19-34(61)68-8)24(12-16-31(58)65-5)43(54-46)37(49)45-25(17-32(59)66-6)22(10-14-29(56)63-3)41(52-45)35(47)39(20)51-40/h53-54H,9-19H2,1-8H3. The fourth-order valence-electron chi connectivity index (χ4n) is 7.93. The number of aromatic nitrogens is 4. The van der Waals surface area contributed by atoms with Gasteiger partial charge in [0.2, 0.25) is 0 Å². The van der Waals surface area contributed by atoms with Gasteiger partial charge in [0.1, 0.15) is 0 Å². The number of carbonyl (C=O) groups excluding carboxylic acids is 7. The highest BCUT2D eigenvalue weighted by atomic mass is 79.9. The second kappa shape index (κ2) is 23.9. The second-order valence-corrected chi connectivity index (χ2v) is 18.3. The van der Waals surface area contributed by atoms with Crippen LogP contribution in [-0.2, 0) is 92.4 Å². The summed E-state index contributed by atoms with van der Waals surface area (Å²) in [6.45, 7) is 1.82. The van der Waals surface area contributed by atoms with Crippen LogP contribution in [0.25, 0.3) is 44.4 Å². The fraction of sp³-hybridized carbons (Fsp3) is 0.413. The molecule has 2 N–H and O–H groups in total. The third-order valence-corrected chi connectivity index (χ3v) is 14.6. The zero-order valence-corrected chi connectivity index (χ0v) is 44.7. The quantitative estimate of drug-likeness (QED) is 0.0899. The van der Waals surface area contributed by atoms with Gasteiger partial charge in [0.05, 0.1) is 132 Å². The SMILES string of the molecule is COC(=O)CCC1=C(CC(=O)OC)c2nc1c(Br)c1nc(c(Br)c3[nH]c(c(CCC(=O)OC)c3CC(=O)OC)c(Br)c3[nH]c(c2Br)c(CCC(=O)OC)c3CC(=O)OC)C(CCC(=O)OC)=C1C. The molecule has 0 unspecified atom stereocenters. The lowest BCUT2D eigenvalue weighted by Crippen LogP contribution is -2.08. The van der Waals surface area contributed by atoms with Crippen molar-refractivity contribution in [2.24, 2.45) is 0 Å². The number of H-pyrrole nitrogens is 2. The molecule has 68 heavy (non-hydrogen) atoms. The molecule has 5 heterocycles. The van der Waals surface area contributed by atoms with Crippen molar-refractivity contribution < 1.29 is 66.7 Å². The van der Waals surface area contributed by atoms with Crippen molar-refractivity contribution in [1.29, 1.82) is 0 Å². The Labute approximate surface area is 424 Å². The molecule has 18 nitrogen and oxygen atoms in total. The molecule has 2 aliphatic rings.